The molecule has 0 saturated heterocycles. The van der Waals surface area contributed by atoms with Gasteiger partial charge in [-0.15, -0.1) is 5.10 Å². The molecule has 0 aliphatic carbocycles. The van der Waals surface area contributed by atoms with Crippen LogP contribution in [0.1, 0.15) is 5.82 Å². The van der Waals surface area contributed by atoms with Crippen molar-refractivity contribution in [3.63, 3.8) is 0 Å². The Hall–Kier alpha value is -1.38. The van der Waals surface area contributed by atoms with Gasteiger partial charge in [0, 0.05) is 0 Å². The van der Waals surface area contributed by atoms with E-state index in [1.807, 2.05) is 0 Å². The molecule has 80 valence electrons. The summed E-state index contributed by atoms with van der Waals surface area (Å²) in [5.74, 6) is -2.24. The summed E-state index contributed by atoms with van der Waals surface area (Å²) in [5.41, 5.74) is -0.144. The van der Waals surface area contributed by atoms with Gasteiger partial charge in [-0.3, -0.25) is 0 Å². The third-order valence-electron chi connectivity index (χ3n) is 1.56. The molecule has 0 unspecified atom stereocenters. The summed E-state index contributed by atoms with van der Waals surface area (Å²) in [6.07, 6.45) is -3.50. The maximum Gasteiger partial charge on any atom is 0.453 e. The van der Waals surface area contributed by atoms with Crippen molar-refractivity contribution in [3.8, 4) is 5.88 Å². The molecule has 15 heavy (non-hydrogen) atoms. The highest BCUT2D eigenvalue weighted by Crippen LogP contribution is 2.28. The van der Waals surface area contributed by atoms with E-state index < -0.39 is 17.9 Å². The van der Waals surface area contributed by atoms with E-state index in [0.717, 1.165) is 4.52 Å². The Morgan fingerprint density at radius 2 is 2.07 bits per heavy atom. The minimum atomic E-state index is -4.71. The second-order valence-corrected chi connectivity index (χ2v) is 3.39. The van der Waals surface area contributed by atoms with Gasteiger partial charge >= 0.3 is 6.18 Å². The first-order valence-electron chi connectivity index (χ1n) is 3.57. The van der Waals surface area contributed by atoms with Crippen LogP contribution in [0, 0.1) is 0 Å². The molecule has 0 amide bonds. The Kier molecular flexibility index (Phi) is 2.07. The zero-order valence-corrected chi connectivity index (χ0v) is 8.41. The largest absolute Gasteiger partial charge is 0.491 e. The number of alkyl halides is 3. The highest BCUT2D eigenvalue weighted by atomic mass is 79.9. The van der Waals surface area contributed by atoms with Gasteiger partial charge in [-0.2, -0.15) is 22.7 Å². The molecule has 0 spiro atoms. The van der Waals surface area contributed by atoms with E-state index in [4.69, 9.17) is 0 Å². The molecule has 0 radical (unpaired) electrons. The monoisotopic (exact) mass is 282 g/mol. The van der Waals surface area contributed by atoms with Crippen molar-refractivity contribution in [2.45, 2.75) is 6.18 Å². The summed E-state index contributed by atoms with van der Waals surface area (Å²) in [6, 6.07) is 0. The Labute approximate surface area is 88.7 Å². The molecule has 5 nitrogen and oxygen atoms in total. The zero-order valence-electron chi connectivity index (χ0n) is 6.83. The Morgan fingerprint density at radius 1 is 1.40 bits per heavy atom. The first-order valence-corrected chi connectivity index (χ1v) is 4.36. The number of rotatable bonds is 0. The van der Waals surface area contributed by atoms with Crippen LogP contribution < -0.4 is 0 Å². The summed E-state index contributed by atoms with van der Waals surface area (Å²) < 4.78 is 37.8. The molecule has 2 aromatic rings. The smallest absolute Gasteiger partial charge is 0.453 e. The fourth-order valence-corrected chi connectivity index (χ4v) is 1.31. The number of aromatic hydroxyl groups is 1. The maximum atomic E-state index is 12.2. The lowest BCUT2D eigenvalue weighted by Crippen LogP contribution is -2.13. The minimum absolute atomic E-state index is 0.144. The first-order chi connectivity index (χ1) is 6.89. The van der Waals surface area contributed by atoms with Crippen molar-refractivity contribution in [2.24, 2.45) is 0 Å². The number of imidazole rings is 1. The second-order valence-electron chi connectivity index (χ2n) is 2.57. The first kappa shape index (κ1) is 10.1. The highest BCUT2D eigenvalue weighted by Gasteiger charge is 2.36. The molecule has 0 fully saturated rings. The standard InChI is InChI=1S/C6H2BrF3N4O/c7-2-1-11-3-4(15)12-5(6(8,9)10)13-14(2)3/h1H,(H,12,13,15). The molecule has 9 heteroatoms. The molecule has 0 aromatic carbocycles. The van der Waals surface area contributed by atoms with Gasteiger partial charge < -0.3 is 5.11 Å². The molecule has 2 rings (SSSR count). The number of halogens is 4. The molecule has 1 N–H and O–H groups in total. The van der Waals surface area contributed by atoms with E-state index in [1.165, 1.54) is 6.20 Å². The molecule has 0 atom stereocenters. The number of nitrogens with zero attached hydrogens (tertiary/aromatic N) is 4. The van der Waals surface area contributed by atoms with Gasteiger partial charge in [0.2, 0.25) is 5.65 Å². The van der Waals surface area contributed by atoms with E-state index in [-0.39, 0.29) is 10.3 Å². The van der Waals surface area contributed by atoms with Crippen LogP contribution in [0.25, 0.3) is 5.65 Å². The van der Waals surface area contributed by atoms with Gasteiger partial charge in [-0.05, 0) is 15.9 Å². The van der Waals surface area contributed by atoms with Gasteiger partial charge in [0.25, 0.3) is 11.7 Å². The van der Waals surface area contributed by atoms with E-state index >= 15 is 0 Å². The normalized spacial score (nSPS) is 12.3. The molecule has 0 aliphatic heterocycles. The summed E-state index contributed by atoms with van der Waals surface area (Å²) in [4.78, 5) is 6.52. The maximum absolute atomic E-state index is 12.2. The van der Waals surface area contributed by atoms with Gasteiger partial charge in [0.1, 0.15) is 4.60 Å². The summed E-state index contributed by atoms with van der Waals surface area (Å²) in [5, 5.41) is 12.4. The average molecular weight is 283 g/mol. The highest BCUT2D eigenvalue weighted by molar-refractivity contribution is 9.10. The lowest BCUT2D eigenvalue weighted by Gasteiger charge is -2.05. The molecule has 2 aromatic heterocycles. The van der Waals surface area contributed by atoms with Gasteiger partial charge in [0.05, 0.1) is 6.20 Å². The molecule has 0 saturated carbocycles. The minimum Gasteiger partial charge on any atom is -0.491 e. The predicted octanol–water partition coefficient (Wildman–Crippen LogP) is 1.61. The lowest BCUT2D eigenvalue weighted by atomic mass is 10.6. The molecule has 2 heterocycles. The Bertz CT molecular complexity index is 523. The van der Waals surface area contributed by atoms with Crippen LogP contribution in [0.5, 0.6) is 5.88 Å². The van der Waals surface area contributed by atoms with E-state index in [9.17, 15) is 18.3 Å². The van der Waals surface area contributed by atoms with Gasteiger partial charge in [-0.25, -0.2) is 4.98 Å². The zero-order chi connectivity index (χ0) is 11.2. The van der Waals surface area contributed by atoms with Crippen molar-refractivity contribution >= 4 is 21.6 Å². The second kappa shape index (κ2) is 3.05. The van der Waals surface area contributed by atoms with Crippen LogP contribution in [0.3, 0.4) is 0 Å². The van der Waals surface area contributed by atoms with Crippen LogP contribution in [-0.2, 0) is 6.18 Å². The van der Waals surface area contributed by atoms with E-state index in [0.29, 0.717) is 0 Å². The fourth-order valence-electron chi connectivity index (χ4n) is 0.960. The number of aromatic nitrogens is 4. The van der Waals surface area contributed by atoms with Gasteiger partial charge in [0.15, 0.2) is 0 Å². The SMILES string of the molecule is Oc1nc(C(F)(F)F)nn2c(Br)cnc12. The predicted molar refractivity (Wildman–Crippen MR) is 45.1 cm³/mol. The number of fused-ring (bicyclic) bond motifs is 1. The average Bonchev–Trinajstić information content (AvgIpc) is 2.47. The third-order valence-corrected chi connectivity index (χ3v) is 2.10. The van der Waals surface area contributed by atoms with Gasteiger partial charge in [-0.1, -0.05) is 0 Å². The van der Waals surface area contributed by atoms with Crippen molar-refractivity contribution in [3.05, 3.63) is 16.6 Å². The van der Waals surface area contributed by atoms with Crippen LogP contribution in [-0.4, -0.2) is 24.7 Å². The van der Waals surface area contributed by atoms with Crippen LogP contribution in [0.2, 0.25) is 0 Å². The summed E-state index contributed by atoms with van der Waals surface area (Å²) in [6.45, 7) is 0. The Morgan fingerprint density at radius 3 is 2.67 bits per heavy atom. The molecule has 0 aliphatic rings. The van der Waals surface area contributed by atoms with Crippen LogP contribution in [0.4, 0.5) is 13.2 Å². The lowest BCUT2D eigenvalue weighted by molar-refractivity contribution is -0.146. The molecular formula is C6H2BrF3N4O. The number of hydrogen-bond donors (Lipinski definition) is 1. The quantitative estimate of drug-likeness (QED) is 0.797. The van der Waals surface area contributed by atoms with Crippen molar-refractivity contribution < 1.29 is 18.3 Å². The van der Waals surface area contributed by atoms with Crippen molar-refractivity contribution in [1.29, 1.82) is 0 Å². The summed E-state index contributed by atoms with van der Waals surface area (Å²) >= 11 is 2.93. The van der Waals surface area contributed by atoms with Crippen LogP contribution in [0.15, 0.2) is 10.8 Å². The summed E-state index contributed by atoms with van der Waals surface area (Å²) in [7, 11) is 0. The third kappa shape index (κ3) is 1.62. The topological polar surface area (TPSA) is 63.3 Å². The number of hydrogen-bond acceptors (Lipinski definition) is 4. The van der Waals surface area contributed by atoms with E-state index in [1.54, 1.807) is 0 Å². The van der Waals surface area contributed by atoms with Crippen molar-refractivity contribution in [1.82, 2.24) is 19.6 Å². The molecular weight excluding hydrogens is 281 g/mol. The Balaban J connectivity index is 2.76. The molecule has 0 bridgehead atoms. The van der Waals surface area contributed by atoms with E-state index in [2.05, 4.69) is 31.0 Å². The van der Waals surface area contributed by atoms with Crippen LogP contribution >= 0.6 is 15.9 Å². The van der Waals surface area contributed by atoms with Crippen molar-refractivity contribution in [2.75, 3.05) is 0 Å². The fraction of sp³-hybridized carbons (Fsp3) is 0.167.